The minimum atomic E-state index is -0.601. The first kappa shape index (κ1) is 14.2. The summed E-state index contributed by atoms with van der Waals surface area (Å²) in [5.41, 5.74) is 4.72. The summed E-state index contributed by atoms with van der Waals surface area (Å²) in [6, 6.07) is 0. The fourth-order valence-corrected chi connectivity index (χ4v) is 1.27. The third-order valence-electron chi connectivity index (χ3n) is 2.69. The van der Waals surface area contributed by atoms with Crippen LogP contribution in [0.25, 0.3) is 0 Å². The highest BCUT2D eigenvalue weighted by atomic mass is 16.4. The number of rotatable bonds is 8. The molecule has 0 heterocycles. The predicted octanol–water partition coefficient (Wildman–Crippen LogP) is 0.654. The minimum absolute atomic E-state index is 0.248. The lowest BCUT2D eigenvalue weighted by molar-refractivity contribution is 0.0327. The molecule has 0 bridgehead atoms. The van der Waals surface area contributed by atoms with E-state index in [2.05, 4.69) is 10.5 Å². The Balaban J connectivity index is 3.54. The second-order valence-corrected chi connectivity index (χ2v) is 3.80. The van der Waals surface area contributed by atoms with Crippen LogP contribution in [-0.2, 0) is 0 Å². The van der Waals surface area contributed by atoms with Crippen LogP contribution in [0.5, 0.6) is 0 Å². The van der Waals surface area contributed by atoms with Crippen LogP contribution in [0.15, 0.2) is 5.16 Å². The Morgan fingerprint density at radius 2 is 2.00 bits per heavy atom. The molecule has 90 valence electrons. The first-order valence-corrected chi connectivity index (χ1v) is 5.47. The summed E-state index contributed by atoms with van der Waals surface area (Å²) in [5.74, 6) is 0.248. The quantitative estimate of drug-likeness (QED) is 0.158. The Morgan fingerprint density at radius 1 is 1.40 bits per heavy atom. The molecular weight excluding hydrogens is 194 g/mol. The molecule has 0 unspecified atom stereocenters. The molecule has 0 saturated heterocycles. The number of nitrogens with zero attached hydrogens (tertiary/aromatic N) is 1. The Kier molecular flexibility index (Phi) is 7.07. The van der Waals surface area contributed by atoms with Gasteiger partial charge in [-0.1, -0.05) is 19.0 Å². The first-order chi connectivity index (χ1) is 7.08. The van der Waals surface area contributed by atoms with Crippen LogP contribution in [0.3, 0.4) is 0 Å². The zero-order valence-corrected chi connectivity index (χ0v) is 9.66. The molecule has 5 N–H and O–H groups in total. The molecule has 0 aliphatic rings. The lowest BCUT2D eigenvalue weighted by atomic mass is 9.97. The van der Waals surface area contributed by atoms with Gasteiger partial charge in [0.1, 0.15) is 5.84 Å². The number of hydrogen-bond donors (Lipinski definition) is 4. The van der Waals surface area contributed by atoms with Crippen molar-refractivity contribution in [3.05, 3.63) is 0 Å². The number of nitrogens with one attached hydrogen (secondary N) is 1. The Bertz CT molecular complexity index is 191. The van der Waals surface area contributed by atoms with Crippen molar-refractivity contribution in [2.45, 2.75) is 45.1 Å². The normalized spacial score (nSPS) is 13.1. The topological polar surface area (TPSA) is 90.9 Å². The summed E-state index contributed by atoms with van der Waals surface area (Å²) >= 11 is 0. The van der Waals surface area contributed by atoms with Gasteiger partial charge in [-0.15, -0.1) is 0 Å². The summed E-state index contributed by atoms with van der Waals surface area (Å²) in [4.78, 5) is 0. The minimum Gasteiger partial charge on any atom is -0.409 e. The van der Waals surface area contributed by atoms with Crippen LogP contribution in [-0.4, -0.2) is 34.8 Å². The molecule has 0 rings (SSSR count). The number of amidine groups is 1. The zero-order valence-electron chi connectivity index (χ0n) is 9.66. The summed E-state index contributed by atoms with van der Waals surface area (Å²) in [6.45, 7) is 5.30. The van der Waals surface area contributed by atoms with Crippen molar-refractivity contribution in [2.75, 3.05) is 13.1 Å². The smallest absolute Gasteiger partial charge is 0.139 e. The zero-order chi connectivity index (χ0) is 11.7. The first-order valence-electron chi connectivity index (χ1n) is 5.47. The van der Waals surface area contributed by atoms with E-state index < -0.39 is 5.60 Å². The molecule has 0 aromatic carbocycles. The molecule has 0 aliphatic carbocycles. The fraction of sp³-hybridized carbons (Fsp3) is 0.900. The molecule has 0 saturated carbocycles. The van der Waals surface area contributed by atoms with E-state index >= 15 is 0 Å². The molecular formula is C10H23N3O2. The predicted molar refractivity (Wildman–Crippen MR) is 61.0 cm³/mol. The van der Waals surface area contributed by atoms with Gasteiger partial charge in [0.25, 0.3) is 0 Å². The monoisotopic (exact) mass is 217 g/mol. The van der Waals surface area contributed by atoms with E-state index in [9.17, 15) is 5.11 Å². The van der Waals surface area contributed by atoms with Gasteiger partial charge < -0.3 is 21.4 Å². The molecule has 5 heteroatoms. The van der Waals surface area contributed by atoms with Crippen molar-refractivity contribution in [3.63, 3.8) is 0 Å². The highest BCUT2D eigenvalue weighted by Gasteiger charge is 2.20. The van der Waals surface area contributed by atoms with Crippen molar-refractivity contribution >= 4 is 5.84 Å². The van der Waals surface area contributed by atoms with E-state index in [1.54, 1.807) is 0 Å². The summed E-state index contributed by atoms with van der Waals surface area (Å²) in [7, 11) is 0. The number of hydrogen-bond acceptors (Lipinski definition) is 4. The molecule has 15 heavy (non-hydrogen) atoms. The average molecular weight is 217 g/mol. The maximum atomic E-state index is 9.93. The van der Waals surface area contributed by atoms with Crippen LogP contribution in [0.1, 0.15) is 39.5 Å². The molecule has 0 aliphatic heterocycles. The van der Waals surface area contributed by atoms with Gasteiger partial charge in [0, 0.05) is 13.0 Å². The maximum absolute atomic E-state index is 9.93. The van der Waals surface area contributed by atoms with Crippen molar-refractivity contribution in [3.8, 4) is 0 Å². The van der Waals surface area contributed by atoms with E-state index in [1.165, 1.54) is 0 Å². The van der Waals surface area contributed by atoms with Crippen LogP contribution in [0.2, 0.25) is 0 Å². The van der Waals surface area contributed by atoms with E-state index in [0.29, 0.717) is 13.0 Å². The summed E-state index contributed by atoms with van der Waals surface area (Å²) in [6.07, 6.45) is 2.87. The highest BCUT2D eigenvalue weighted by molar-refractivity contribution is 5.79. The molecule has 0 spiro atoms. The molecule has 0 aromatic rings. The highest BCUT2D eigenvalue weighted by Crippen LogP contribution is 2.12. The Morgan fingerprint density at radius 3 is 2.47 bits per heavy atom. The van der Waals surface area contributed by atoms with Gasteiger partial charge in [-0.25, -0.2) is 0 Å². The van der Waals surface area contributed by atoms with Gasteiger partial charge in [0.05, 0.1) is 5.60 Å². The van der Waals surface area contributed by atoms with Gasteiger partial charge in [-0.05, 0) is 25.8 Å². The van der Waals surface area contributed by atoms with Gasteiger partial charge in [0.2, 0.25) is 0 Å². The molecule has 0 fully saturated rings. The van der Waals surface area contributed by atoms with Crippen molar-refractivity contribution in [2.24, 2.45) is 10.9 Å². The molecule has 0 radical (unpaired) electrons. The van der Waals surface area contributed by atoms with Gasteiger partial charge in [-0.3, -0.25) is 0 Å². The molecule has 0 atom stereocenters. The van der Waals surface area contributed by atoms with Gasteiger partial charge in [-0.2, -0.15) is 0 Å². The van der Waals surface area contributed by atoms with Crippen LogP contribution in [0, 0.1) is 0 Å². The molecule has 0 amide bonds. The van der Waals surface area contributed by atoms with Crippen LogP contribution in [0.4, 0.5) is 0 Å². The molecule has 5 nitrogen and oxygen atoms in total. The number of nitrogens with two attached hydrogens (primary N) is 1. The van der Waals surface area contributed by atoms with E-state index in [4.69, 9.17) is 10.9 Å². The lowest BCUT2D eigenvalue weighted by Gasteiger charge is -2.25. The van der Waals surface area contributed by atoms with Gasteiger partial charge >= 0.3 is 0 Å². The number of oxime groups is 1. The fourth-order valence-electron chi connectivity index (χ4n) is 1.27. The Labute approximate surface area is 91.4 Å². The largest absolute Gasteiger partial charge is 0.409 e. The van der Waals surface area contributed by atoms with Crippen molar-refractivity contribution in [1.29, 1.82) is 0 Å². The van der Waals surface area contributed by atoms with Crippen molar-refractivity contribution < 1.29 is 10.3 Å². The van der Waals surface area contributed by atoms with E-state index in [1.807, 2.05) is 13.8 Å². The van der Waals surface area contributed by atoms with Gasteiger partial charge in [0.15, 0.2) is 0 Å². The third kappa shape index (κ3) is 6.30. The average Bonchev–Trinajstić information content (AvgIpc) is 2.27. The third-order valence-corrected chi connectivity index (χ3v) is 2.69. The summed E-state index contributed by atoms with van der Waals surface area (Å²) in [5, 5.41) is 24.3. The van der Waals surface area contributed by atoms with Crippen LogP contribution < -0.4 is 11.1 Å². The van der Waals surface area contributed by atoms with E-state index in [-0.39, 0.29) is 5.84 Å². The standard InChI is InChI=1S/C10H23N3O2/c1-3-10(14,4-2)8-12-7-5-6-9(11)13-15/h12,14-15H,3-8H2,1-2H3,(H2,11,13). The Hall–Kier alpha value is -0.810. The molecule has 0 aromatic heterocycles. The van der Waals surface area contributed by atoms with Crippen molar-refractivity contribution in [1.82, 2.24) is 5.32 Å². The second-order valence-electron chi connectivity index (χ2n) is 3.80. The van der Waals surface area contributed by atoms with E-state index in [0.717, 1.165) is 25.8 Å². The SMILES string of the molecule is CCC(O)(CC)CNCCCC(N)=NO. The number of aliphatic hydroxyl groups is 1. The van der Waals surface area contributed by atoms with Crippen LogP contribution >= 0.6 is 0 Å². The lowest BCUT2D eigenvalue weighted by Crippen LogP contribution is -2.39. The second kappa shape index (κ2) is 7.48. The maximum Gasteiger partial charge on any atom is 0.139 e. The summed E-state index contributed by atoms with van der Waals surface area (Å²) < 4.78 is 0.